The van der Waals surface area contributed by atoms with Crippen molar-refractivity contribution in [2.24, 2.45) is 5.92 Å². The second-order valence-electron chi connectivity index (χ2n) is 6.80. The standard InChI is InChI=1S/C16H30N2OS/c19-13-14-3-8-17(9-4-14)16-2-1-7-18(12-16)15-5-10-20-11-6-15/h14-16,19H,1-13H2. The number of rotatable bonds is 3. The van der Waals surface area contributed by atoms with Gasteiger partial charge >= 0.3 is 0 Å². The summed E-state index contributed by atoms with van der Waals surface area (Å²) in [6.07, 6.45) is 7.99. The average molecular weight is 298 g/mol. The first-order valence-corrected chi connectivity index (χ1v) is 9.69. The van der Waals surface area contributed by atoms with Crippen molar-refractivity contribution in [3.05, 3.63) is 0 Å². The van der Waals surface area contributed by atoms with Crippen molar-refractivity contribution < 1.29 is 5.11 Å². The van der Waals surface area contributed by atoms with E-state index in [1.54, 1.807) is 0 Å². The molecule has 0 amide bonds. The smallest absolute Gasteiger partial charge is 0.0460 e. The Morgan fingerprint density at radius 3 is 2.30 bits per heavy atom. The van der Waals surface area contributed by atoms with Gasteiger partial charge in [-0.2, -0.15) is 11.8 Å². The molecule has 0 aromatic rings. The van der Waals surface area contributed by atoms with Crippen LogP contribution < -0.4 is 0 Å². The van der Waals surface area contributed by atoms with E-state index in [1.165, 1.54) is 76.2 Å². The van der Waals surface area contributed by atoms with Gasteiger partial charge in [-0.1, -0.05) is 0 Å². The quantitative estimate of drug-likeness (QED) is 0.863. The minimum Gasteiger partial charge on any atom is -0.396 e. The van der Waals surface area contributed by atoms with E-state index in [-0.39, 0.29) is 0 Å². The molecule has 0 radical (unpaired) electrons. The summed E-state index contributed by atoms with van der Waals surface area (Å²) >= 11 is 2.13. The first-order chi connectivity index (χ1) is 9.86. The molecule has 0 aromatic carbocycles. The third kappa shape index (κ3) is 3.70. The Labute approximate surface area is 128 Å². The maximum absolute atomic E-state index is 9.27. The lowest BCUT2D eigenvalue weighted by molar-refractivity contribution is 0.0399. The van der Waals surface area contributed by atoms with E-state index in [4.69, 9.17) is 0 Å². The van der Waals surface area contributed by atoms with Crippen LogP contribution >= 0.6 is 11.8 Å². The monoisotopic (exact) mass is 298 g/mol. The SMILES string of the molecule is OCC1CCN(C2CCCN(C3CCSCC3)C2)CC1. The molecule has 4 heteroatoms. The average Bonchev–Trinajstić information content (AvgIpc) is 2.56. The molecule has 3 nitrogen and oxygen atoms in total. The Kier molecular flexibility index (Phi) is 5.66. The predicted molar refractivity (Wildman–Crippen MR) is 86.3 cm³/mol. The molecule has 0 aromatic heterocycles. The molecule has 3 saturated heterocycles. The topological polar surface area (TPSA) is 26.7 Å². The van der Waals surface area contributed by atoms with Crippen LogP contribution in [0.25, 0.3) is 0 Å². The second-order valence-corrected chi connectivity index (χ2v) is 8.02. The summed E-state index contributed by atoms with van der Waals surface area (Å²) in [5, 5.41) is 9.27. The van der Waals surface area contributed by atoms with Crippen molar-refractivity contribution in [3.63, 3.8) is 0 Å². The number of thioether (sulfide) groups is 1. The maximum atomic E-state index is 9.27. The number of aliphatic hydroxyl groups is 1. The highest BCUT2D eigenvalue weighted by Crippen LogP contribution is 2.27. The van der Waals surface area contributed by atoms with Crippen molar-refractivity contribution in [2.75, 3.05) is 44.3 Å². The molecule has 0 aliphatic carbocycles. The largest absolute Gasteiger partial charge is 0.396 e. The fourth-order valence-electron chi connectivity index (χ4n) is 4.16. The number of hydrogen-bond acceptors (Lipinski definition) is 4. The zero-order chi connectivity index (χ0) is 13.8. The predicted octanol–water partition coefficient (Wildman–Crippen LogP) is 2.05. The van der Waals surface area contributed by atoms with Gasteiger partial charge in [-0.15, -0.1) is 0 Å². The van der Waals surface area contributed by atoms with Gasteiger partial charge < -0.3 is 5.11 Å². The van der Waals surface area contributed by atoms with E-state index in [2.05, 4.69) is 21.6 Å². The fourth-order valence-corrected chi connectivity index (χ4v) is 5.25. The highest BCUT2D eigenvalue weighted by atomic mass is 32.2. The van der Waals surface area contributed by atoms with Crippen molar-refractivity contribution in [1.29, 1.82) is 0 Å². The highest BCUT2D eigenvalue weighted by molar-refractivity contribution is 7.99. The van der Waals surface area contributed by atoms with Crippen LogP contribution in [0.5, 0.6) is 0 Å². The van der Waals surface area contributed by atoms with Crippen molar-refractivity contribution in [3.8, 4) is 0 Å². The van der Waals surface area contributed by atoms with E-state index in [9.17, 15) is 5.11 Å². The molecular formula is C16H30N2OS. The van der Waals surface area contributed by atoms with Gasteiger partial charge in [-0.05, 0) is 75.6 Å². The molecule has 20 heavy (non-hydrogen) atoms. The van der Waals surface area contributed by atoms with Crippen LogP contribution in [0.2, 0.25) is 0 Å². The first kappa shape index (κ1) is 15.1. The zero-order valence-corrected chi connectivity index (χ0v) is 13.5. The van der Waals surface area contributed by atoms with Crippen LogP contribution in [-0.2, 0) is 0 Å². The minimum absolute atomic E-state index is 0.393. The third-order valence-electron chi connectivity index (χ3n) is 5.56. The van der Waals surface area contributed by atoms with Crippen LogP contribution in [0, 0.1) is 5.92 Å². The number of nitrogens with zero attached hydrogens (tertiary/aromatic N) is 2. The molecule has 3 aliphatic heterocycles. The van der Waals surface area contributed by atoms with E-state index in [0.29, 0.717) is 12.5 Å². The third-order valence-corrected chi connectivity index (χ3v) is 6.61. The molecule has 1 atom stereocenters. The van der Waals surface area contributed by atoms with Gasteiger partial charge in [-0.3, -0.25) is 9.80 Å². The molecule has 3 rings (SSSR count). The summed E-state index contributed by atoms with van der Waals surface area (Å²) in [6.45, 7) is 5.46. The van der Waals surface area contributed by atoms with Gasteiger partial charge in [0, 0.05) is 25.2 Å². The molecule has 0 saturated carbocycles. The van der Waals surface area contributed by atoms with Gasteiger partial charge in [-0.25, -0.2) is 0 Å². The first-order valence-electron chi connectivity index (χ1n) is 8.53. The Morgan fingerprint density at radius 2 is 1.60 bits per heavy atom. The molecule has 1 N–H and O–H groups in total. The van der Waals surface area contributed by atoms with Gasteiger partial charge in [0.2, 0.25) is 0 Å². The molecule has 3 fully saturated rings. The molecule has 0 spiro atoms. The second kappa shape index (κ2) is 7.48. The number of piperidine rings is 2. The van der Waals surface area contributed by atoms with E-state index < -0.39 is 0 Å². The maximum Gasteiger partial charge on any atom is 0.0460 e. The van der Waals surface area contributed by atoms with Crippen LogP contribution in [0.15, 0.2) is 0 Å². The summed E-state index contributed by atoms with van der Waals surface area (Å²) in [5.74, 6) is 3.31. The van der Waals surface area contributed by atoms with Crippen LogP contribution in [-0.4, -0.2) is 71.3 Å². The highest BCUT2D eigenvalue weighted by Gasteiger charge is 2.31. The summed E-state index contributed by atoms with van der Waals surface area (Å²) in [6, 6.07) is 1.66. The molecule has 116 valence electrons. The van der Waals surface area contributed by atoms with Gasteiger partial charge in [0.15, 0.2) is 0 Å². The zero-order valence-electron chi connectivity index (χ0n) is 12.7. The number of likely N-dealkylation sites (tertiary alicyclic amines) is 2. The van der Waals surface area contributed by atoms with Crippen molar-refractivity contribution in [1.82, 2.24) is 9.80 Å². The Balaban J connectivity index is 1.50. The minimum atomic E-state index is 0.393. The molecule has 0 bridgehead atoms. The Morgan fingerprint density at radius 1 is 0.850 bits per heavy atom. The van der Waals surface area contributed by atoms with Gasteiger partial charge in [0.05, 0.1) is 0 Å². The van der Waals surface area contributed by atoms with E-state index in [1.807, 2.05) is 0 Å². The van der Waals surface area contributed by atoms with Crippen LogP contribution in [0.1, 0.15) is 38.5 Å². The molecule has 1 unspecified atom stereocenters. The normalized spacial score (nSPS) is 32.5. The molecule has 3 heterocycles. The van der Waals surface area contributed by atoms with Crippen LogP contribution in [0.4, 0.5) is 0 Å². The van der Waals surface area contributed by atoms with E-state index in [0.717, 1.165) is 12.1 Å². The van der Waals surface area contributed by atoms with Crippen LogP contribution in [0.3, 0.4) is 0 Å². The summed E-state index contributed by atoms with van der Waals surface area (Å²) < 4.78 is 0. The van der Waals surface area contributed by atoms with Gasteiger partial charge in [0.1, 0.15) is 0 Å². The summed E-state index contributed by atoms with van der Waals surface area (Å²) in [4.78, 5) is 5.52. The lowest BCUT2D eigenvalue weighted by Gasteiger charge is -2.45. The summed E-state index contributed by atoms with van der Waals surface area (Å²) in [5.41, 5.74) is 0. The lowest BCUT2D eigenvalue weighted by atomic mass is 9.93. The Hall–Kier alpha value is 0.230. The fraction of sp³-hybridized carbons (Fsp3) is 1.00. The van der Waals surface area contributed by atoms with Gasteiger partial charge in [0.25, 0.3) is 0 Å². The van der Waals surface area contributed by atoms with Crippen molar-refractivity contribution >= 4 is 11.8 Å². The lowest BCUT2D eigenvalue weighted by Crippen LogP contribution is -2.53. The summed E-state index contributed by atoms with van der Waals surface area (Å²) in [7, 11) is 0. The van der Waals surface area contributed by atoms with Crippen molar-refractivity contribution in [2.45, 2.75) is 50.6 Å². The number of aliphatic hydroxyl groups excluding tert-OH is 1. The number of hydrogen-bond donors (Lipinski definition) is 1. The molecule has 3 aliphatic rings. The molecular weight excluding hydrogens is 268 g/mol. The Bertz CT molecular complexity index is 288. The van der Waals surface area contributed by atoms with E-state index >= 15 is 0 Å².